The van der Waals surface area contributed by atoms with Crippen molar-refractivity contribution in [3.05, 3.63) is 20.8 Å². The van der Waals surface area contributed by atoms with Crippen LogP contribution in [0.25, 0.3) is 0 Å². The van der Waals surface area contributed by atoms with Crippen molar-refractivity contribution in [3.8, 4) is 0 Å². The Morgan fingerprint density at radius 3 is 2.76 bits per heavy atom. The van der Waals surface area contributed by atoms with Gasteiger partial charge in [-0.2, -0.15) is 0 Å². The Balaban J connectivity index is 1.90. The number of amides is 1. The maximum absolute atomic E-state index is 12.2. The number of piperidine rings is 1. The quantitative estimate of drug-likeness (QED) is 0.929. The summed E-state index contributed by atoms with van der Waals surface area (Å²) in [6.45, 7) is 2.84. The van der Waals surface area contributed by atoms with Crippen LogP contribution in [0.3, 0.4) is 0 Å². The molecular weight excluding hydrogens is 300 g/mol. The van der Waals surface area contributed by atoms with Crippen LogP contribution >= 0.6 is 27.3 Å². The number of carbonyl (C=O) groups is 1. The first-order valence-electron chi connectivity index (χ1n) is 5.90. The minimum atomic E-state index is 0.184. The highest BCUT2D eigenvalue weighted by Crippen LogP contribution is 2.25. The van der Waals surface area contributed by atoms with E-state index in [0.717, 1.165) is 47.1 Å². The van der Waals surface area contributed by atoms with E-state index in [2.05, 4.69) is 21.2 Å². The molecule has 0 radical (unpaired) electrons. The predicted octanol–water partition coefficient (Wildman–Crippen LogP) is 2.58. The summed E-state index contributed by atoms with van der Waals surface area (Å²) in [7, 11) is 1.99. The smallest absolute Gasteiger partial charge is 0.263 e. The van der Waals surface area contributed by atoms with Crippen molar-refractivity contribution in [1.82, 2.24) is 10.2 Å². The Morgan fingerprint density at radius 1 is 1.53 bits per heavy atom. The van der Waals surface area contributed by atoms with E-state index in [-0.39, 0.29) is 5.91 Å². The molecule has 0 atom stereocenters. The Morgan fingerprint density at radius 2 is 2.24 bits per heavy atom. The summed E-state index contributed by atoms with van der Waals surface area (Å²) < 4.78 is 1.02. The van der Waals surface area contributed by atoms with Crippen molar-refractivity contribution in [2.45, 2.75) is 12.8 Å². The van der Waals surface area contributed by atoms with E-state index in [0.29, 0.717) is 0 Å². The van der Waals surface area contributed by atoms with E-state index >= 15 is 0 Å². The van der Waals surface area contributed by atoms with E-state index in [4.69, 9.17) is 0 Å². The number of likely N-dealkylation sites (tertiary alicyclic amines) is 1. The molecule has 17 heavy (non-hydrogen) atoms. The zero-order valence-corrected chi connectivity index (χ0v) is 12.3. The van der Waals surface area contributed by atoms with Crippen LogP contribution in [0.15, 0.2) is 15.9 Å². The lowest BCUT2D eigenvalue weighted by atomic mass is 9.97. The van der Waals surface area contributed by atoms with Crippen LogP contribution < -0.4 is 5.32 Å². The van der Waals surface area contributed by atoms with Gasteiger partial charge in [-0.1, -0.05) is 0 Å². The standard InChI is InChI=1S/C12H17BrN2OS/c1-14-8-9-4-6-15(7-5-9)12(16)10-2-3-11(13)17-10/h2-3,9,14H,4-8H2,1H3. The Hall–Kier alpha value is -0.390. The first-order valence-corrected chi connectivity index (χ1v) is 7.51. The van der Waals surface area contributed by atoms with Gasteiger partial charge in [0.1, 0.15) is 0 Å². The normalized spacial score (nSPS) is 17.4. The number of hydrogen-bond donors (Lipinski definition) is 1. The van der Waals surface area contributed by atoms with Crippen LogP contribution in [0.2, 0.25) is 0 Å². The minimum Gasteiger partial charge on any atom is -0.338 e. The van der Waals surface area contributed by atoms with Crippen molar-refractivity contribution in [3.63, 3.8) is 0 Å². The SMILES string of the molecule is CNCC1CCN(C(=O)c2ccc(Br)s2)CC1. The second kappa shape index (κ2) is 5.98. The lowest BCUT2D eigenvalue weighted by molar-refractivity contribution is 0.0696. The van der Waals surface area contributed by atoms with Crippen molar-refractivity contribution in [1.29, 1.82) is 0 Å². The van der Waals surface area contributed by atoms with E-state index in [1.807, 2.05) is 24.1 Å². The zero-order valence-electron chi connectivity index (χ0n) is 9.91. The number of thiophene rings is 1. The van der Waals surface area contributed by atoms with Gasteiger partial charge in [-0.25, -0.2) is 0 Å². The molecule has 3 nitrogen and oxygen atoms in total. The second-order valence-electron chi connectivity index (χ2n) is 4.40. The van der Waals surface area contributed by atoms with Gasteiger partial charge in [0.25, 0.3) is 5.91 Å². The van der Waals surface area contributed by atoms with Gasteiger partial charge in [0.2, 0.25) is 0 Å². The van der Waals surface area contributed by atoms with Crippen LogP contribution in [-0.4, -0.2) is 37.5 Å². The molecule has 1 fully saturated rings. The zero-order chi connectivity index (χ0) is 12.3. The van der Waals surface area contributed by atoms with Crippen LogP contribution in [0.5, 0.6) is 0 Å². The summed E-state index contributed by atoms with van der Waals surface area (Å²) in [5.74, 6) is 0.905. The van der Waals surface area contributed by atoms with Crippen molar-refractivity contribution >= 4 is 33.2 Å². The average Bonchev–Trinajstić information content (AvgIpc) is 2.76. The van der Waals surface area contributed by atoms with E-state index in [1.165, 1.54) is 11.3 Å². The maximum Gasteiger partial charge on any atom is 0.263 e. The highest BCUT2D eigenvalue weighted by atomic mass is 79.9. The number of hydrogen-bond acceptors (Lipinski definition) is 3. The third kappa shape index (κ3) is 3.30. The van der Waals surface area contributed by atoms with E-state index < -0.39 is 0 Å². The molecular formula is C12H17BrN2OS. The molecule has 0 aliphatic carbocycles. The molecule has 0 spiro atoms. The molecule has 1 aromatic heterocycles. The molecule has 1 aromatic rings. The highest BCUT2D eigenvalue weighted by molar-refractivity contribution is 9.11. The fourth-order valence-corrected chi connectivity index (χ4v) is 3.57. The summed E-state index contributed by atoms with van der Waals surface area (Å²) in [5.41, 5.74) is 0. The lowest BCUT2D eigenvalue weighted by Crippen LogP contribution is -2.40. The maximum atomic E-state index is 12.2. The summed E-state index contributed by atoms with van der Waals surface area (Å²) in [4.78, 5) is 15.0. The fourth-order valence-electron chi connectivity index (χ4n) is 2.21. The lowest BCUT2D eigenvalue weighted by Gasteiger charge is -2.31. The molecule has 1 aliphatic heterocycles. The summed E-state index contributed by atoms with van der Waals surface area (Å²) >= 11 is 4.91. The first kappa shape index (κ1) is 13.1. The molecule has 1 aliphatic rings. The highest BCUT2D eigenvalue weighted by Gasteiger charge is 2.23. The van der Waals surface area contributed by atoms with Crippen LogP contribution in [0.4, 0.5) is 0 Å². The minimum absolute atomic E-state index is 0.184. The molecule has 0 aromatic carbocycles. The first-order chi connectivity index (χ1) is 8.20. The molecule has 1 N–H and O–H groups in total. The predicted molar refractivity (Wildman–Crippen MR) is 74.6 cm³/mol. The Labute approximate surface area is 114 Å². The summed E-state index contributed by atoms with van der Waals surface area (Å²) in [5, 5.41) is 3.21. The van der Waals surface area contributed by atoms with Gasteiger partial charge in [-0.15, -0.1) is 11.3 Å². The van der Waals surface area contributed by atoms with Crippen LogP contribution in [0.1, 0.15) is 22.5 Å². The van der Waals surface area contributed by atoms with E-state index in [1.54, 1.807) is 0 Å². The van der Waals surface area contributed by atoms with Gasteiger partial charge >= 0.3 is 0 Å². The number of rotatable bonds is 3. The molecule has 0 saturated carbocycles. The van der Waals surface area contributed by atoms with Crippen molar-refractivity contribution in [2.24, 2.45) is 5.92 Å². The third-order valence-corrected chi connectivity index (χ3v) is 4.79. The summed E-state index contributed by atoms with van der Waals surface area (Å²) in [6.07, 6.45) is 2.22. The Bertz CT molecular complexity index is 386. The van der Waals surface area contributed by atoms with Gasteiger partial charge in [-0.3, -0.25) is 4.79 Å². The van der Waals surface area contributed by atoms with Gasteiger partial charge in [0.05, 0.1) is 8.66 Å². The second-order valence-corrected chi connectivity index (χ2v) is 6.86. The molecule has 2 heterocycles. The van der Waals surface area contributed by atoms with Gasteiger partial charge in [0.15, 0.2) is 0 Å². The summed E-state index contributed by atoms with van der Waals surface area (Å²) in [6, 6.07) is 3.84. The van der Waals surface area contributed by atoms with Crippen molar-refractivity contribution in [2.75, 3.05) is 26.7 Å². The number of halogens is 1. The van der Waals surface area contributed by atoms with Crippen molar-refractivity contribution < 1.29 is 4.79 Å². The van der Waals surface area contributed by atoms with Gasteiger partial charge in [-0.05, 0) is 60.4 Å². The third-order valence-electron chi connectivity index (χ3n) is 3.18. The molecule has 1 amide bonds. The molecule has 0 bridgehead atoms. The molecule has 0 unspecified atom stereocenters. The molecule has 2 rings (SSSR count). The van der Waals surface area contributed by atoms with Crippen LogP contribution in [0, 0.1) is 5.92 Å². The number of carbonyl (C=O) groups excluding carboxylic acids is 1. The fraction of sp³-hybridized carbons (Fsp3) is 0.583. The molecule has 1 saturated heterocycles. The van der Waals surface area contributed by atoms with Gasteiger partial charge in [0, 0.05) is 13.1 Å². The molecule has 94 valence electrons. The average molecular weight is 317 g/mol. The largest absolute Gasteiger partial charge is 0.338 e. The number of nitrogens with zero attached hydrogens (tertiary/aromatic N) is 1. The molecule has 5 heteroatoms. The number of nitrogens with one attached hydrogen (secondary N) is 1. The van der Waals surface area contributed by atoms with E-state index in [9.17, 15) is 4.79 Å². The monoisotopic (exact) mass is 316 g/mol. The van der Waals surface area contributed by atoms with Gasteiger partial charge < -0.3 is 10.2 Å². The topological polar surface area (TPSA) is 32.3 Å². The Kier molecular flexibility index (Phi) is 4.59. The van der Waals surface area contributed by atoms with Crippen LogP contribution in [-0.2, 0) is 0 Å².